The van der Waals surface area contributed by atoms with Crippen molar-refractivity contribution in [2.45, 2.75) is 51.0 Å². The van der Waals surface area contributed by atoms with Gasteiger partial charge in [0.05, 0.1) is 18.1 Å². The molecule has 3 atom stereocenters. The van der Waals surface area contributed by atoms with Gasteiger partial charge in [-0.05, 0) is 48.2 Å². The van der Waals surface area contributed by atoms with Crippen molar-refractivity contribution in [2.75, 3.05) is 13.1 Å². The lowest BCUT2D eigenvalue weighted by Gasteiger charge is -2.58. The van der Waals surface area contributed by atoms with Gasteiger partial charge >= 0.3 is 7.82 Å². The number of phosphoric ester groups is 1. The molecule has 254 valence electrons. The molecule has 0 spiro atoms. The lowest BCUT2D eigenvalue weighted by Crippen LogP contribution is -2.78. The molecule has 0 bridgehead atoms. The van der Waals surface area contributed by atoms with Crippen molar-refractivity contribution in [1.29, 1.82) is 0 Å². The molecule has 2 aliphatic rings. The number of para-hydroxylation sites is 1. The van der Waals surface area contributed by atoms with Crippen LogP contribution in [-0.4, -0.2) is 83.6 Å². The number of phosphoric acid groups is 1. The number of piperazine rings is 1. The van der Waals surface area contributed by atoms with E-state index in [0.717, 1.165) is 22.0 Å². The lowest BCUT2D eigenvalue weighted by molar-refractivity contribution is -0.213. The highest BCUT2D eigenvalue weighted by atomic mass is 31.2. The molecule has 13 heteroatoms. The number of nitrogens with zero attached hydrogens (tertiary/aromatic N) is 5. The van der Waals surface area contributed by atoms with Crippen LogP contribution in [0.4, 0.5) is 0 Å². The van der Waals surface area contributed by atoms with Crippen molar-refractivity contribution in [3.8, 4) is 5.75 Å². The topological polar surface area (TPSA) is 144 Å². The third kappa shape index (κ3) is 7.42. The summed E-state index contributed by atoms with van der Waals surface area (Å²) in [4.78, 5) is 69.1. The molecule has 6 rings (SSSR count). The Labute approximate surface area is 284 Å². The standard InChI is InChI=1S/C36H38N5O7P/c1-3-21-38-24-33(43)40-31(22-27-14-17-30(18-15-27)48-49(45,46)47)36(44)39(23-29-12-7-11-28-13-8-20-37-34(28)29)25(2)35(40)41(38)32(42)19-16-26-9-5-4-6-10-26/h3-15,17-18,20,25,31,35H,1,16,19,21-24H2,2H3,(H2,45,46,47). The summed E-state index contributed by atoms with van der Waals surface area (Å²) >= 11 is 0. The molecule has 49 heavy (non-hydrogen) atoms. The van der Waals surface area contributed by atoms with Crippen LogP contribution >= 0.6 is 7.82 Å². The third-order valence-corrected chi connectivity index (χ3v) is 9.42. The lowest BCUT2D eigenvalue weighted by atomic mass is 9.94. The van der Waals surface area contributed by atoms with E-state index in [1.54, 1.807) is 44.2 Å². The van der Waals surface area contributed by atoms with Gasteiger partial charge in [-0.25, -0.2) is 14.6 Å². The number of carbonyl (C=O) groups excluding carboxylic acids is 3. The number of rotatable bonds is 11. The number of aromatic nitrogens is 1. The van der Waals surface area contributed by atoms with Crippen molar-refractivity contribution in [3.63, 3.8) is 0 Å². The molecule has 2 saturated heterocycles. The predicted octanol–water partition coefficient (Wildman–Crippen LogP) is 4.08. The fourth-order valence-corrected chi connectivity index (χ4v) is 7.16. The first-order valence-electron chi connectivity index (χ1n) is 16.0. The molecule has 3 amide bonds. The Kier molecular flexibility index (Phi) is 9.94. The summed E-state index contributed by atoms with van der Waals surface area (Å²) in [5, 5.41) is 4.27. The number of hydrazine groups is 1. The van der Waals surface area contributed by atoms with Crippen LogP contribution in [0.3, 0.4) is 0 Å². The summed E-state index contributed by atoms with van der Waals surface area (Å²) in [5.74, 6) is -0.793. The molecule has 0 saturated carbocycles. The smallest absolute Gasteiger partial charge is 0.404 e. The third-order valence-electron chi connectivity index (χ3n) is 8.97. The predicted molar refractivity (Wildman–Crippen MR) is 182 cm³/mol. The average Bonchev–Trinajstić information content (AvgIpc) is 3.08. The average molecular weight is 684 g/mol. The molecular weight excluding hydrogens is 645 g/mol. The molecule has 3 unspecified atom stereocenters. The van der Waals surface area contributed by atoms with Crippen molar-refractivity contribution >= 4 is 36.4 Å². The van der Waals surface area contributed by atoms with Crippen molar-refractivity contribution < 1.29 is 33.3 Å². The Morgan fingerprint density at radius 1 is 1.00 bits per heavy atom. The Morgan fingerprint density at radius 3 is 2.45 bits per heavy atom. The second-order valence-electron chi connectivity index (χ2n) is 12.2. The van der Waals surface area contributed by atoms with Gasteiger partial charge in [-0.15, -0.1) is 6.58 Å². The van der Waals surface area contributed by atoms with E-state index >= 15 is 0 Å². The van der Waals surface area contributed by atoms with Crippen LogP contribution in [0.25, 0.3) is 10.9 Å². The minimum Gasteiger partial charge on any atom is -0.404 e. The molecule has 2 fully saturated rings. The largest absolute Gasteiger partial charge is 0.524 e. The van der Waals surface area contributed by atoms with Crippen LogP contribution in [0.2, 0.25) is 0 Å². The maximum Gasteiger partial charge on any atom is 0.524 e. The van der Waals surface area contributed by atoms with Gasteiger partial charge < -0.3 is 14.3 Å². The Balaban J connectivity index is 1.39. The Bertz CT molecular complexity index is 1900. The molecule has 4 aromatic rings. The number of benzene rings is 3. The summed E-state index contributed by atoms with van der Waals surface area (Å²) in [6, 6.07) is 23.8. The number of hydrogen-bond donors (Lipinski definition) is 2. The van der Waals surface area contributed by atoms with Crippen LogP contribution in [0.15, 0.2) is 104 Å². The van der Waals surface area contributed by atoms with E-state index in [4.69, 9.17) is 4.52 Å². The minimum absolute atomic E-state index is 0.0343. The van der Waals surface area contributed by atoms with E-state index < -0.39 is 26.1 Å². The zero-order valence-corrected chi connectivity index (χ0v) is 27.9. The first-order chi connectivity index (χ1) is 23.5. The van der Waals surface area contributed by atoms with E-state index in [1.807, 2.05) is 67.6 Å². The Morgan fingerprint density at radius 2 is 1.73 bits per heavy atom. The molecule has 2 aliphatic heterocycles. The number of aryl methyl sites for hydroxylation is 1. The molecule has 3 heterocycles. The van der Waals surface area contributed by atoms with Crippen LogP contribution in [0, 0.1) is 0 Å². The maximum absolute atomic E-state index is 14.6. The number of carbonyl (C=O) groups is 3. The van der Waals surface area contributed by atoms with Crippen LogP contribution in [0.1, 0.15) is 30.0 Å². The zero-order chi connectivity index (χ0) is 34.7. The van der Waals surface area contributed by atoms with Crippen molar-refractivity contribution in [2.24, 2.45) is 0 Å². The van der Waals surface area contributed by atoms with E-state index in [9.17, 15) is 28.7 Å². The maximum atomic E-state index is 14.6. The molecule has 0 radical (unpaired) electrons. The van der Waals surface area contributed by atoms with Gasteiger partial charge in [-0.2, -0.15) is 0 Å². The first-order valence-corrected chi connectivity index (χ1v) is 17.6. The summed E-state index contributed by atoms with van der Waals surface area (Å²) in [5.41, 5.74) is 3.24. The van der Waals surface area contributed by atoms with E-state index in [0.29, 0.717) is 12.0 Å². The second kappa shape index (κ2) is 14.3. The van der Waals surface area contributed by atoms with Gasteiger partial charge in [0, 0.05) is 37.5 Å². The quantitative estimate of drug-likeness (QED) is 0.177. The van der Waals surface area contributed by atoms with Gasteiger partial charge in [-0.3, -0.25) is 29.2 Å². The van der Waals surface area contributed by atoms with Gasteiger partial charge in [-0.1, -0.05) is 72.8 Å². The summed E-state index contributed by atoms with van der Waals surface area (Å²) < 4.78 is 16.1. The second-order valence-corrected chi connectivity index (χ2v) is 13.4. The number of hydrogen-bond acceptors (Lipinski definition) is 7. The first kappa shape index (κ1) is 34.0. The minimum atomic E-state index is -4.76. The molecule has 2 N–H and O–H groups in total. The number of pyridine rings is 1. The normalized spacial score (nSPS) is 20.0. The van der Waals surface area contributed by atoms with Crippen LogP contribution in [-0.2, 0) is 38.3 Å². The number of fused-ring (bicyclic) bond motifs is 2. The molecular formula is C36H38N5O7P. The van der Waals surface area contributed by atoms with E-state index in [1.165, 1.54) is 12.1 Å². The fourth-order valence-electron chi connectivity index (χ4n) is 6.76. The molecule has 3 aromatic carbocycles. The van der Waals surface area contributed by atoms with Gasteiger partial charge in [0.2, 0.25) is 17.7 Å². The highest BCUT2D eigenvalue weighted by molar-refractivity contribution is 7.46. The zero-order valence-electron chi connectivity index (χ0n) is 27.0. The highest BCUT2D eigenvalue weighted by Crippen LogP contribution is 2.38. The molecule has 12 nitrogen and oxygen atoms in total. The van der Waals surface area contributed by atoms with Gasteiger partial charge in [0.15, 0.2) is 0 Å². The van der Waals surface area contributed by atoms with Crippen molar-refractivity contribution in [1.82, 2.24) is 24.8 Å². The van der Waals surface area contributed by atoms with Gasteiger partial charge in [0.1, 0.15) is 18.0 Å². The Hall–Kier alpha value is -4.87. The molecule has 1 aromatic heterocycles. The van der Waals surface area contributed by atoms with Crippen LogP contribution < -0.4 is 4.52 Å². The van der Waals surface area contributed by atoms with Crippen molar-refractivity contribution in [3.05, 3.63) is 120 Å². The molecule has 0 aliphatic carbocycles. The summed E-state index contributed by atoms with van der Waals surface area (Å²) in [6.45, 7) is 6.07. The van der Waals surface area contributed by atoms with Crippen LogP contribution in [0.5, 0.6) is 5.75 Å². The summed E-state index contributed by atoms with van der Waals surface area (Å²) in [7, 11) is -4.76. The highest BCUT2D eigenvalue weighted by Gasteiger charge is 2.54. The monoisotopic (exact) mass is 683 g/mol. The number of amides is 3. The van der Waals surface area contributed by atoms with E-state index in [2.05, 4.69) is 11.6 Å². The van der Waals surface area contributed by atoms with Gasteiger partial charge in [0.25, 0.3) is 0 Å². The summed E-state index contributed by atoms with van der Waals surface area (Å²) in [6.07, 6.45) is 3.34. The fraction of sp³-hybridized carbons (Fsp3) is 0.278. The SMILES string of the molecule is C=CCN1CC(=O)N2C(Cc3ccc(OP(=O)(O)O)cc3)C(=O)N(Cc3cccc4cccnc34)C(C)C2N1C(=O)CCc1ccccc1. The van der Waals surface area contributed by atoms with E-state index in [-0.39, 0.29) is 55.9 Å².